The van der Waals surface area contributed by atoms with Gasteiger partial charge in [0.1, 0.15) is 96.9 Å². The van der Waals surface area contributed by atoms with Gasteiger partial charge in [0.25, 0.3) is 0 Å². The van der Waals surface area contributed by atoms with Gasteiger partial charge in [-0.25, -0.2) is 0 Å². The number of carbonyl (C=O) groups is 19. The van der Waals surface area contributed by atoms with Gasteiger partial charge >= 0.3 is 11.9 Å². The van der Waals surface area contributed by atoms with E-state index in [1.165, 1.54) is 70.0 Å². The second-order valence-corrected chi connectivity index (χ2v) is 34.2. The number of unbranched alkanes of at least 4 members (excludes halogenated alkanes) is 2. The fourth-order valence-electron chi connectivity index (χ4n) is 16.1. The van der Waals surface area contributed by atoms with Crippen LogP contribution in [0, 0.1) is 0 Å². The van der Waals surface area contributed by atoms with Gasteiger partial charge in [-0.15, -0.1) is 11.8 Å². The number of hydrogen-bond acceptors (Lipinski definition) is 24. The minimum Gasteiger partial charge on any atom is -0.508 e. The number of aliphatic carboxylic acids is 2. The third-order valence-corrected chi connectivity index (χ3v) is 24.5. The molecule has 0 unspecified atom stereocenters. The summed E-state index contributed by atoms with van der Waals surface area (Å²) in [4.78, 5) is 280. The third kappa shape index (κ3) is 28.4. The van der Waals surface area contributed by atoms with Crippen molar-refractivity contribution in [3.63, 3.8) is 0 Å². The number of carboxylic acid groups (broad SMARTS) is 2. The molecule has 2 aromatic heterocycles. The molecule has 0 spiro atoms. The first-order valence-corrected chi connectivity index (χ1v) is 44.8. The smallest absolute Gasteiger partial charge is 0.323 e. The third-order valence-electron chi connectivity index (χ3n) is 23.4. The number of carbonyl (C=O) groups excluding carboxylic acids is 17. The standard InChI is InChI=1S/C87H121N21O23S/c1-8-10-20-65-80(124)94-46(3)74(118)102-63(76(120)93-40-70(91)112)44-132-45-71(113)95-59(33-48-24-26-51(109)27-25-48)83(127)103(5)47(4)75(119)99-61(37-69(90)111)86(130)107-32-16-23-66(107)81(125)101-62(38-89)79(123)97-57(28-29-72(114)115)85(129)108-42-52(110)36-68(108)82(126)98-58(34-49-39-92-55-19-14-12-17-53(49)55)78(122)96-56(30-31-88)77(121)100-60(84(128)105(7)67(21-11-9-2)87(131)104(65)6)35-50-41-106(43-73(116)117)64-22-15-13-18-54(50)64/h12-15,17-19,22,24-27,39,41,46-47,52,56-63,65-68,92,109-110H,8-11,16,20-21,23,28-38,40,42-45,88-89H2,1-7H3,(H2,90,111)(H2,91,112)(H,93,120)(H,94,124)(H,95,113)(H,96,122)(H,97,123)(H,98,126)(H,99,119)(H,100,121)(H,101,125)(H,102,118)(H,114,115)(H,116,117)/t46-,47-,52+,56-,57-,58-,59-,60-,61-,62-,63-,65-,66-,67-,68-/m0/s1. The van der Waals surface area contributed by atoms with Crippen LogP contribution in [0.15, 0.2) is 85.2 Å². The molecule has 0 bridgehead atoms. The molecule has 3 saturated heterocycles. The van der Waals surface area contributed by atoms with E-state index >= 15 is 28.8 Å². The number of aromatic hydroxyl groups is 1. The van der Waals surface area contributed by atoms with Crippen LogP contribution in [0.4, 0.5) is 0 Å². The van der Waals surface area contributed by atoms with E-state index in [2.05, 4.69) is 58.2 Å². The number of primary amides is 2. The molecule has 5 heterocycles. The van der Waals surface area contributed by atoms with Gasteiger partial charge in [0.05, 0.1) is 24.8 Å². The maximum Gasteiger partial charge on any atom is 0.323 e. The summed E-state index contributed by atoms with van der Waals surface area (Å²) in [5.41, 5.74) is 25.5. The van der Waals surface area contributed by atoms with Crippen LogP contribution in [0.1, 0.15) is 128 Å². The Hall–Kier alpha value is -13.3. The van der Waals surface area contributed by atoms with Gasteiger partial charge in [-0.1, -0.05) is 88.1 Å². The first-order valence-electron chi connectivity index (χ1n) is 43.7. The van der Waals surface area contributed by atoms with E-state index in [1.807, 2.05) is 13.8 Å². The first-order chi connectivity index (χ1) is 62.7. The van der Waals surface area contributed by atoms with Crippen LogP contribution in [0.25, 0.3) is 21.8 Å². The lowest BCUT2D eigenvalue weighted by molar-refractivity contribution is -0.149. The fraction of sp³-hybridized carbons (Fsp3) is 0.529. The van der Waals surface area contributed by atoms with E-state index in [-0.39, 0.29) is 63.8 Å². The Morgan fingerprint density at radius 2 is 1.11 bits per heavy atom. The number of fused-ring (bicyclic) bond motifs is 4. The van der Waals surface area contributed by atoms with Gasteiger partial charge in [0, 0.05) is 113 Å². The lowest BCUT2D eigenvalue weighted by Crippen LogP contribution is -2.61. The summed E-state index contributed by atoms with van der Waals surface area (Å²) >= 11 is 0.755. The number of nitrogens with zero attached hydrogens (tertiary/aromatic N) is 6. The molecule has 3 aliphatic heterocycles. The number of phenolic OH excluding ortho intramolecular Hbond substituents is 1. The maximum atomic E-state index is 15.8. The number of H-pyrrole nitrogens is 1. The number of carboxylic acids is 2. The molecular weight excluding hydrogens is 1740 g/mol. The average molecular weight is 1860 g/mol. The summed E-state index contributed by atoms with van der Waals surface area (Å²) in [6.07, 6.45) is -1.05. The Balaban J connectivity index is 1.19. The number of aromatic amines is 1. The Morgan fingerprint density at radius 3 is 1.77 bits per heavy atom. The normalized spacial score (nSPS) is 25.0. The summed E-state index contributed by atoms with van der Waals surface area (Å²) in [5, 5.41) is 68.2. The second kappa shape index (κ2) is 49.1. The van der Waals surface area contributed by atoms with Gasteiger partial charge in [-0.2, -0.15) is 0 Å². The number of rotatable bonds is 25. The molecule has 3 fully saturated rings. The van der Waals surface area contributed by atoms with Crippen molar-refractivity contribution < 1.29 is 112 Å². The van der Waals surface area contributed by atoms with Crippen LogP contribution in [-0.4, -0.2) is 323 Å². The molecule has 3 aromatic carbocycles. The van der Waals surface area contributed by atoms with Crippen molar-refractivity contribution >= 4 is 146 Å². The SMILES string of the molecule is CCCC[C@H]1C(=O)N(C)[C@@H](CCCC)C(=O)N[C@@H](C)C(=O)N[C@H](C(=O)NCC(N)=O)CSCC(=O)N[C@@H](Cc2ccc(O)cc2)C(=O)N(C)[C@@H](C)C(=O)N[C@@H](CC(N)=O)C(=O)N2CCC[C@H]2C(=O)N[C@@H](CN)C(=O)N[C@@H](CCC(=O)O)C(=O)N2C[C@H](O)C[C@H]2C(=O)N[C@@H](Cc2c[nH]c3ccccc23)C(=O)N[C@@H](CCN)C(=O)N[C@@H](Cc2cn(CC(=O)O)c3ccccc23)C(=O)N1C. The monoisotopic (exact) mass is 1860 g/mol. The van der Waals surface area contributed by atoms with Crippen molar-refractivity contribution in [2.75, 3.05) is 65.4 Å². The highest BCUT2D eigenvalue weighted by molar-refractivity contribution is 8.00. The lowest BCUT2D eigenvalue weighted by Gasteiger charge is -2.36. The van der Waals surface area contributed by atoms with Crippen molar-refractivity contribution in [2.45, 2.75) is 228 Å². The number of nitrogens with one attached hydrogen (secondary N) is 11. The molecule has 17 amide bonds. The number of likely N-dealkylation sites (N-methyl/N-ethyl adjacent to an activating group) is 3. The molecule has 0 saturated carbocycles. The first kappa shape index (κ1) is 104. The van der Waals surface area contributed by atoms with E-state index in [0.717, 1.165) is 36.3 Å². The maximum absolute atomic E-state index is 15.8. The number of para-hydroxylation sites is 2. The van der Waals surface area contributed by atoms with Crippen LogP contribution in [0.5, 0.6) is 5.75 Å². The van der Waals surface area contributed by atoms with Crippen molar-refractivity contribution in [1.29, 1.82) is 0 Å². The molecule has 0 aliphatic carbocycles. The Kier molecular flexibility index (Phi) is 38.7. The second-order valence-electron chi connectivity index (χ2n) is 33.2. The van der Waals surface area contributed by atoms with Crippen molar-refractivity contribution in [3.8, 4) is 5.75 Å². The Bertz CT molecular complexity index is 5050. The zero-order chi connectivity index (χ0) is 97.1. The highest BCUT2D eigenvalue weighted by Gasteiger charge is 2.47. The zero-order valence-corrected chi connectivity index (χ0v) is 75.5. The van der Waals surface area contributed by atoms with E-state index < -0.39 is 273 Å². The number of aliphatic hydroxyl groups is 1. The van der Waals surface area contributed by atoms with E-state index in [4.69, 9.17) is 22.9 Å². The minimum atomic E-state index is -1.85. The number of nitrogens with two attached hydrogens (primary N) is 4. The quantitative estimate of drug-likeness (QED) is 0.0262. The van der Waals surface area contributed by atoms with Gasteiger partial charge in [-0.05, 0) is 99.9 Å². The van der Waals surface area contributed by atoms with Crippen LogP contribution < -0.4 is 76.1 Å². The van der Waals surface area contributed by atoms with Gasteiger partial charge in [0.15, 0.2) is 0 Å². The highest BCUT2D eigenvalue weighted by atomic mass is 32.2. The Morgan fingerprint density at radius 1 is 0.538 bits per heavy atom. The Labute approximate surface area is 764 Å². The van der Waals surface area contributed by atoms with Crippen LogP contribution in [0.3, 0.4) is 0 Å². The zero-order valence-electron chi connectivity index (χ0n) is 74.7. The number of amides is 17. The molecular formula is C87H121N21O23S. The van der Waals surface area contributed by atoms with Crippen LogP contribution in [0.2, 0.25) is 0 Å². The topological polar surface area (TPSA) is 667 Å². The average Bonchev–Trinajstić information content (AvgIpc) is 1.64. The number of hydrogen-bond donors (Lipinski definition) is 19. The van der Waals surface area contributed by atoms with Crippen molar-refractivity contribution in [1.82, 2.24) is 87.2 Å². The summed E-state index contributed by atoms with van der Waals surface area (Å²) in [6, 6.07) is -3.53. The number of benzene rings is 3. The number of aromatic nitrogens is 2. The molecule has 44 nitrogen and oxygen atoms in total. The van der Waals surface area contributed by atoms with Crippen molar-refractivity contribution in [2.24, 2.45) is 22.9 Å². The van der Waals surface area contributed by atoms with Crippen molar-refractivity contribution in [3.05, 3.63) is 102 Å². The van der Waals surface area contributed by atoms with Crippen LogP contribution in [-0.2, 0) is 117 Å². The molecule has 718 valence electrons. The lowest BCUT2D eigenvalue weighted by atomic mass is 10.00. The van der Waals surface area contributed by atoms with Gasteiger partial charge in [0.2, 0.25) is 100 Å². The molecule has 5 aromatic rings. The number of thioether (sulfide) groups is 1. The molecule has 15 atom stereocenters. The number of aliphatic hydroxyl groups excluding tert-OH is 1. The van der Waals surface area contributed by atoms with Crippen LogP contribution >= 0.6 is 11.8 Å². The predicted octanol–water partition coefficient (Wildman–Crippen LogP) is -4.45. The predicted molar refractivity (Wildman–Crippen MR) is 478 cm³/mol. The molecule has 23 N–H and O–H groups in total. The van der Waals surface area contributed by atoms with E-state index in [9.17, 15) is 82.8 Å². The fourth-order valence-corrected chi connectivity index (χ4v) is 16.9. The summed E-state index contributed by atoms with van der Waals surface area (Å²) in [6.45, 7) is 3.10. The molecule has 132 heavy (non-hydrogen) atoms. The summed E-state index contributed by atoms with van der Waals surface area (Å²) in [7, 11) is 3.82. The minimum absolute atomic E-state index is 0.0153. The molecule has 8 rings (SSSR count). The summed E-state index contributed by atoms with van der Waals surface area (Å²) < 4.78 is 1.42. The van der Waals surface area contributed by atoms with E-state index in [1.54, 1.807) is 54.7 Å². The summed E-state index contributed by atoms with van der Waals surface area (Å²) in [5.74, 6) is -20.7. The largest absolute Gasteiger partial charge is 0.508 e. The molecule has 45 heteroatoms. The highest BCUT2D eigenvalue weighted by Crippen LogP contribution is 2.29. The van der Waals surface area contributed by atoms with E-state index in [0.29, 0.717) is 64.2 Å². The van der Waals surface area contributed by atoms with Gasteiger partial charge < -0.3 is 131 Å². The molecule has 0 radical (unpaired) electrons. The van der Waals surface area contributed by atoms with Gasteiger partial charge in [-0.3, -0.25) is 91.1 Å². The number of phenols is 1. The molecule has 3 aliphatic rings.